The van der Waals surface area contributed by atoms with Crippen LogP contribution in [0.5, 0.6) is 5.75 Å². The predicted molar refractivity (Wildman–Crippen MR) is 86.2 cm³/mol. The highest BCUT2D eigenvalue weighted by Crippen LogP contribution is 2.36. The Morgan fingerprint density at radius 1 is 1.30 bits per heavy atom. The Hall–Kier alpha value is -1.02. The summed E-state index contributed by atoms with van der Waals surface area (Å²) in [7, 11) is -1.82. The number of fused-ring (bicyclic) bond motifs is 1. The van der Waals surface area contributed by atoms with Crippen molar-refractivity contribution in [3.63, 3.8) is 0 Å². The molecule has 2 aliphatic heterocycles. The molecule has 23 heavy (non-hydrogen) atoms. The number of carbonyl (C=O) groups is 1. The molecule has 0 saturated carbocycles. The molecule has 2 saturated heterocycles. The molecule has 1 amide bonds. The lowest BCUT2D eigenvalue weighted by Crippen LogP contribution is -2.53. The Morgan fingerprint density at radius 3 is 2.70 bits per heavy atom. The first kappa shape index (κ1) is 16.8. The normalized spacial score (nSPS) is 26.0. The fourth-order valence-corrected chi connectivity index (χ4v) is 5.38. The highest BCUT2D eigenvalue weighted by atomic mass is 35.5. The van der Waals surface area contributed by atoms with Crippen LogP contribution < -0.4 is 4.74 Å². The number of rotatable bonds is 2. The zero-order chi connectivity index (χ0) is 16.8. The van der Waals surface area contributed by atoms with E-state index in [1.165, 1.54) is 18.1 Å². The number of hydrogen-bond donors (Lipinski definition) is 0. The number of sulfone groups is 1. The summed E-state index contributed by atoms with van der Waals surface area (Å²) in [4.78, 5) is 14.5. The minimum absolute atomic E-state index is 0.0676. The van der Waals surface area contributed by atoms with E-state index in [1.54, 1.807) is 6.07 Å². The second kappa shape index (κ2) is 6.12. The Bertz CT molecular complexity index is 752. The van der Waals surface area contributed by atoms with E-state index in [2.05, 4.69) is 0 Å². The van der Waals surface area contributed by atoms with Crippen molar-refractivity contribution in [1.29, 1.82) is 0 Å². The van der Waals surface area contributed by atoms with Gasteiger partial charge in [0.2, 0.25) is 0 Å². The summed E-state index contributed by atoms with van der Waals surface area (Å²) >= 11 is 12.2. The molecular weight excluding hydrogens is 365 g/mol. The SMILES string of the molecule is COc1c(Cl)ccc(Cl)c1C(=O)N1CCOC2CS(=O)(=O)CC21. The predicted octanol–water partition coefficient (Wildman–Crippen LogP) is 1.64. The Balaban J connectivity index is 1.99. The lowest BCUT2D eigenvalue weighted by Gasteiger charge is -2.37. The van der Waals surface area contributed by atoms with Crippen LogP contribution >= 0.6 is 23.2 Å². The summed E-state index contributed by atoms with van der Waals surface area (Å²) in [5.41, 5.74) is 0.145. The fourth-order valence-electron chi connectivity index (χ4n) is 3.04. The van der Waals surface area contributed by atoms with E-state index < -0.39 is 27.9 Å². The van der Waals surface area contributed by atoms with Gasteiger partial charge in [0.05, 0.1) is 47.4 Å². The molecule has 0 spiro atoms. The van der Waals surface area contributed by atoms with Gasteiger partial charge in [-0.05, 0) is 12.1 Å². The van der Waals surface area contributed by atoms with Gasteiger partial charge in [-0.1, -0.05) is 23.2 Å². The quantitative estimate of drug-likeness (QED) is 0.780. The maximum Gasteiger partial charge on any atom is 0.259 e. The number of carbonyl (C=O) groups excluding carboxylic acids is 1. The first-order chi connectivity index (χ1) is 10.8. The van der Waals surface area contributed by atoms with E-state index in [4.69, 9.17) is 32.7 Å². The Kier molecular flexibility index (Phi) is 4.48. The summed E-state index contributed by atoms with van der Waals surface area (Å²) < 4.78 is 34.4. The van der Waals surface area contributed by atoms with Gasteiger partial charge < -0.3 is 14.4 Å². The molecule has 1 aromatic rings. The van der Waals surface area contributed by atoms with Gasteiger partial charge in [-0.3, -0.25) is 4.79 Å². The number of ether oxygens (including phenoxy) is 2. The van der Waals surface area contributed by atoms with E-state index in [9.17, 15) is 13.2 Å². The zero-order valence-electron chi connectivity index (χ0n) is 12.3. The van der Waals surface area contributed by atoms with E-state index >= 15 is 0 Å². The molecule has 0 bridgehead atoms. The summed E-state index contributed by atoms with van der Waals surface area (Å²) in [6.45, 7) is 0.574. The maximum absolute atomic E-state index is 13.0. The first-order valence-corrected chi connectivity index (χ1v) is 9.57. The molecule has 2 heterocycles. The van der Waals surface area contributed by atoms with Crippen molar-refractivity contribution < 1.29 is 22.7 Å². The van der Waals surface area contributed by atoms with Crippen LogP contribution in [0, 0.1) is 0 Å². The van der Waals surface area contributed by atoms with Crippen LogP contribution in [-0.4, -0.2) is 63.1 Å². The molecule has 126 valence electrons. The smallest absolute Gasteiger partial charge is 0.259 e. The molecule has 0 N–H and O–H groups in total. The van der Waals surface area contributed by atoms with E-state index in [1.807, 2.05) is 0 Å². The summed E-state index contributed by atoms with van der Waals surface area (Å²) in [6, 6.07) is 2.55. The van der Waals surface area contributed by atoms with Crippen LogP contribution in [-0.2, 0) is 14.6 Å². The zero-order valence-corrected chi connectivity index (χ0v) is 14.6. The number of amides is 1. The summed E-state index contributed by atoms with van der Waals surface area (Å²) in [5, 5.41) is 0.476. The molecule has 0 aromatic heterocycles. The molecule has 2 unspecified atom stereocenters. The molecule has 6 nitrogen and oxygen atoms in total. The molecule has 2 atom stereocenters. The molecule has 0 radical (unpaired) electrons. The first-order valence-electron chi connectivity index (χ1n) is 6.99. The van der Waals surface area contributed by atoms with Crippen LogP contribution in [0.3, 0.4) is 0 Å². The lowest BCUT2D eigenvalue weighted by molar-refractivity contribution is -0.0362. The van der Waals surface area contributed by atoms with Gasteiger partial charge in [-0.25, -0.2) is 8.42 Å². The van der Waals surface area contributed by atoms with Crippen molar-refractivity contribution in [3.05, 3.63) is 27.7 Å². The largest absolute Gasteiger partial charge is 0.494 e. The van der Waals surface area contributed by atoms with Crippen LogP contribution in [0.25, 0.3) is 0 Å². The van der Waals surface area contributed by atoms with Crippen molar-refractivity contribution in [2.45, 2.75) is 12.1 Å². The molecule has 2 fully saturated rings. The standard InChI is InChI=1S/C14H15Cl2NO5S/c1-21-13-9(16)3-2-8(15)12(13)14(18)17-4-5-22-11-7-23(19,20)6-10(11)17/h2-3,10-11H,4-7H2,1H3. The highest BCUT2D eigenvalue weighted by Gasteiger charge is 2.46. The maximum atomic E-state index is 13.0. The second-order valence-electron chi connectivity index (χ2n) is 5.49. The van der Waals surface area contributed by atoms with Crippen molar-refractivity contribution in [1.82, 2.24) is 4.90 Å². The third kappa shape index (κ3) is 3.03. The van der Waals surface area contributed by atoms with Gasteiger partial charge in [-0.2, -0.15) is 0 Å². The average molecular weight is 380 g/mol. The summed E-state index contributed by atoms with van der Waals surface area (Å²) in [6.07, 6.45) is -0.498. The molecule has 0 aliphatic carbocycles. The van der Waals surface area contributed by atoms with Gasteiger partial charge in [0.25, 0.3) is 5.91 Å². The second-order valence-corrected chi connectivity index (χ2v) is 8.46. The molecule has 1 aromatic carbocycles. The van der Waals surface area contributed by atoms with Gasteiger partial charge in [0.1, 0.15) is 5.56 Å². The Labute approximate surface area is 144 Å². The van der Waals surface area contributed by atoms with E-state index in [-0.39, 0.29) is 39.5 Å². The van der Waals surface area contributed by atoms with Crippen LogP contribution in [0.15, 0.2) is 12.1 Å². The summed E-state index contributed by atoms with van der Waals surface area (Å²) in [5.74, 6) is -0.385. The number of halogens is 2. The highest BCUT2D eigenvalue weighted by molar-refractivity contribution is 7.91. The minimum atomic E-state index is -3.22. The fraction of sp³-hybridized carbons (Fsp3) is 0.500. The van der Waals surface area contributed by atoms with Gasteiger partial charge in [0, 0.05) is 6.54 Å². The van der Waals surface area contributed by atoms with Crippen molar-refractivity contribution in [2.24, 2.45) is 0 Å². The third-order valence-electron chi connectivity index (χ3n) is 4.07. The van der Waals surface area contributed by atoms with Crippen molar-refractivity contribution in [2.75, 3.05) is 31.8 Å². The van der Waals surface area contributed by atoms with Gasteiger partial charge in [0.15, 0.2) is 15.6 Å². The number of nitrogens with zero attached hydrogens (tertiary/aromatic N) is 1. The lowest BCUT2D eigenvalue weighted by atomic mass is 10.1. The molecular formula is C14H15Cl2NO5S. The molecule has 3 rings (SSSR count). The van der Waals surface area contributed by atoms with Crippen molar-refractivity contribution >= 4 is 38.9 Å². The average Bonchev–Trinajstić information content (AvgIpc) is 2.82. The van der Waals surface area contributed by atoms with Gasteiger partial charge in [-0.15, -0.1) is 0 Å². The molecule has 9 heteroatoms. The topological polar surface area (TPSA) is 72.9 Å². The minimum Gasteiger partial charge on any atom is -0.494 e. The van der Waals surface area contributed by atoms with E-state index in [0.717, 1.165) is 0 Å². The van der Waals surface area contributed by atoms with Crippen LogP contribution in [0.2, 0.25) is 10.0 Å². The number of hydrogen-bond acceptors (Lipinski definition) is 5. The monoisotopic (exact) mass is 379 g/mol. The number of benzene rings is 1. The van der Waals surface area contributed by atoms with Crippen LogP contribution in [0.4, 0.5) is 0 Å². The van der Waals surface area contributed by atoms with Crippen molar-refractivity contribution in [3.8, 4) is 5.75 Å². The van der Waals surface area contributed by atoms with Crippen LogP contribution in [0.1, 0.15) is 10.4 Å². The van der Waals surface area contributed by atoms with E-state index in [0.29, 0.717) is 6.54 Å². The number of methoxy groups -OCH3 is 1. The molecule has 2 aliphatic rings. The number of morpholine rings is 1. The Morgan fingerprint density at radius 2 is 2.00 bits per heavy atom. The third-order valence-corrected chi connectivity index (χ3v) is 6.37. The van der Waals surface area contributed by atoms with Gasteiger partial charge >= 0.3 is 0 Å².